The maximum atomic E-state index is 13.3. The summed E-state index contributed by atoms with van der Waals surface area (Å²) in [5.74, 6) is -0.00520. The Balaban J connectivity index is 1.91. The molecule has 3 heterocycles. The number of methoxy groups -OCH3 is 1. The highest BCUT2D eigenvalue weighted by atomic mass is 16.5. The van der Waals surface area contributed by atoms with Crippen molar-refractivity contribution in [2.75, 3.05) is 26.7 Å². The number of para-hydroxylation sites is 1. The van der Waals surface area contributed by atoms with E-state index in [1.165, 1.54) is 18.1 Å². The number of fused-ring (bicyclic) bond motifs is 5. The van der Waals surface area contributed by atoms with Gasteiger partial charge in [-0.25, -0.2) is 0 Å². The van der Waals surface area contributed by atoms with Crippen molar-refractivity contribution in [1.29, 1.82) is 0 Å². The van der Waals surface area contributed by atoms with Crippen LogP contribution in [0.25, 0.3) is 10.9 Å². The van der Waals surface area contributed by atoms with Crippen LogP contribution in [0.3, 0.4) is 0 Å². The number of piperidine rings is 1. The minimum Gasteiger partial charge on any atom is -0.468 e. The average molecular weight is 397 g/mol. The lowest BCUT2D eigenvalue weighted by atomic mass is 9.69. The molecule has 4 atom stereocenters. The van der Waals surface area contributed by atoms with E-state index >= 15 is 0 Å². The number of esters is 1. The van der Waals surface area contributed by atoms with Crippen molar-refractivity contribution in [2.45, 2.75) is 50.0 Å². The molecule has 1 saturated heterocycles. The van der Waals surface area contributed by atoms with Gasteiger partial charge in [0.05, 0.1) is 12.7 Å². The number of aliphatic hydroxyl groups is 1. The van der Waals surface area contributed by atoms with Gasteiger partial charge in [0.25, 0.3) is 0 Å². The van der Waals surface area contributed by atoms with E-state index in [-0.39, 0.29) is 11.9 Å². The number of carbonyl (C=O) groups excluding carboxylic acids is 1. The lowest BCUT2D eigenvalue weighted by Gasteiger charge is -2.44. The Bertz CT molecular complexity index is 920. The van der Waals surface area contributed by atoms with Gasteiger partial charge < -0.3 is 14.8 Å². The fourth-order valence-corrected chi connectivity index (χ4v) is 5.70. The van der Waals surface area contributed by atoms with E-state index in [0.717, 1.165) is 37.1 Å². The molecule has 5 heteroatoms. The van der Waals surface area contributed by atoms with Crippen LogP contribution in [0, 0.1) is 5.92 Å². The monoisotopic (exact) mass is 396 g/mol. The lowest BCUT2D eigenvalue weighted by Crippen LogP contribution is -2.53. The molecule has 1 aromatic carbocycles. The third kappa shape index (κ3) is 3.40. The summed E-state index contributed by atoms with van der Waals surface area (Å²) in [5, 5.41) is 12.3. The van der Waals surface area contributed by atoms with Crippen LogP contribution in [0.5, 0.6) is 0 Å². The summed E-state index contributed by atoms with van der Waals surface area (Å²) >= 11 is 0. The third-order valence-corrected chi connectivity index (χ3v) is 7.04. The molecule has 2 aliphatic rings. The Kier molecular flexibility index (Phi) is 5.30. The van der Waals surface area contributed by atoms with Crippen LogP contribution in [-0.2, 0) is 21.4 Å². The highest BCUT2D eigenvalue weighted by Gasteiger charge is 2.49. The van der Waals surface area contributed by atoms with Crippen LogP contribution >= 0.6 is 0 Å². The summed E-state index contributed by atoms with van der Waals surface area (Å²) in [5.41, 5.74) is 1.72. The number of benzene rings is 1. The highest BCUT2D eigenvalue weighted by Crippen LogP contribution is 2.45. The van der Waals surface area contributed by atoms with Crippen LogP contribution in [0.2, 0.25) is 0 Å². The normalized spacial score (nSPS) is 32.0. The van der Waals surface area contributed by atoms with Crippen molar-refractivity contribution < 1.29 is 14.6 Å². The van der Waals surface area contributed by atoms with Gasteiger partial charge in [0, 0.05) is 36.2 Å². The third-order valence-electron chi connectivity index (χ3n) is 7.04. The molecular weight excluding hydrogens is 364 g/mol. The number of rotatable bonds is 4. The minimum absolute atomic E-state index is 0.213. The van der Waals surface area contributed by atoms with Crippen LogP contribution in [0.1, 0.15) is 43.9 Å². The van der Waals surface area contributed by atoms with Gasteiger partial charge in [0.15, 0.2) is 0 Å². The van der Waals surface area contributed by atoms with E-state index in [2.05, 4.69) is 28.6 Å². The summed E-state index contributed by atoms with van der Waals surface area (Å²) in [6.45, 7) is 8.49. The average Bonchev–Trinajstić information content (AvgIpc) is 3.10. The number of aromatic amines is 1. The molecule has 3 unspecified atom stereocenters. The topological polar surface area (TPSA) is 65.6 Å². The van der Waals surface area contributed by atoms with Crippen LogP contribution < -0.4 is 0 Å². The molecule has 2 N–H and O–H groups in total. The second-order valence-electron chi connectivity index (χ2n) is 8.93. The molecule has 1 aromatic heterocycles. The Morgan fingerprint density at radius 2 is 2.21 bits per heavy atom. The number of hydrogen-bond donors (Lipinski definition) is 2. The summed E-state index contributed by atoms with van der Waals surface area (Å²) in [6, 6.07) is 8.26. The largest absolute Gasteiger partial charge is 0.468 e. The summed E-state index contributed by atoms with van der Waals surface area (Å²) in [6.07, 6.45) is 5.26. The maximum Gasteiger partial charge on any atom is 0.318 e. The van der Waals surface area contributed by atoms with Crippen molar-refractivity contribution in [1.82, 2.24) is 9.88 Å². The van der Waals surface area contributed by atoms with E-state index in [1.54, 1.807) is 0 Å². The Labute approximate surface area is 172 Å². The smallest absolute Gasteiger partial charge is 0.318 e. The minimum atomic E-state index is -0.808. The van der Waals surface area contributed by atoms with Gasteiger partial charge in [-0.1, -0.05) is 31.2 Å². The zero-order valence-corrected chi connectivity index (χ0v) is 17.5. The molecule has 5 nitrogen and oxygen atoms in total. The van der Waals surface area contributed by atoms with E-state index in [4.69, 9.17) is 4.74 Å². The number of aromatic nitrogens is 1. The Morgan fingerprint density at radius 1 is 1.41 bits per heavy atom. The molecule has 1 fully saturated rings. The summed E-state index contributed by atoms with van der Waals surface area (Å²) < 4.78 is 5.37. The van der Waals surface area contributed by atoms with E-state index in [9.17, 15) is 9.90 Å². The number of H-pyrrole nitrogens is 1. The van der Waals surface area contributed by atoms with Gasteiger partial charge in [-0.2, -0.15) is 0 Å². The molecule has 0 spiro atoms. The number of ether oxygens (including phenoxy) is 1. The molecule has 0 amide bonds. The highest BCUT2D eigenvalue weighted by molar-refractivity contribution is 5.90. The number of hydrogen-bond acceptors (Lipinski definition) is 4. The first-order valence-electron chi connectivity index (χ1n) is 10.7. The van der Waals surface area contributed by atoms with Crippen LogP contribution in [-0.4, -0.2) is 53.3 Å². The van der Waals surface area contributed by atoms with Gasteiger partial charge >= 0.3 is 5.97 Å². The lowest BCUT2D eigenvalue weighted by molar-refractivity contribution is -0.149. The molecule has 29 heavy (non-hydrogen) atoms. The van der Waals surface area contributed by atoms with Crippen molar-refractivity contribution in [2.24, 2.45) is 5.92 Å². The van der Waals surface area contributed by atoms with Crippen molar-refractivity contribution in [3.8, 4) is 0 Å². The summed E-state index contributed by atoms with van der Waals surface area (Å²) in [4.78, 5) is 19.3. The zero-order valence-electron chi connectivity index (χ0n) is 17.5. The van der Waals surface area contributed by atoms with Crippen molar-refractivity contribution in [3.63, 3.8) is 0 Å². The first kappa shape index (κ1) is 20.2. The fourth-order valence-electron chi connectivity index (χ4n) is 5.70. The van der Waals surface area contributed by atoms with Gasteiger partial charge in [0.1, 0.15) is 5.41 Å². The van der Waals surface area contributed by atoms with E-state index in [0.29, 0.717) is 25.8 Å². The van der Waals surface area contributed by atoms with Crippen LogP contribution in [0.15, 0.2) is 36.9 Å². The first-order chi connectivity index (χ1) is 13.9. The standard InChI is InChI=1S/C24H32N2O3/c1-4-11-24(22(27)29-3)14-17-13-23(28,5-2)16-26(15-17)12-10-19-18-8-6-7-9-20(18)25-21(19)24/h4,6-9,17,25,28H,1,5,10-16H2,2-3H3/t17?,23?,24-/m1/s1. The maximum absolute atomic E-state index is 13.3. The molecular formula is C24H32N2O3. The molecule has 4 rings (SSSR count). The van der Waals surface area contributed by atoms with E-state index in [1.807, 2.05) is 25.1 Å². The first-order valence-corrected chi connectivity index (χ1v) is 10.7. The molecule has 2 aliphatic heterocycles. The Hall–Kier alpha value is -2.11. The SMILES string of the molecule is C=CC[C@@]1(C(=O)OC)CC2CN(CCc3c1[nH]c1ccccc31)CC(O)(CC)C2. The Morgan fingerprint density at radius 3 is 2.93 bits per heavy atom. The number of nitrogens with zero attached hydrogens (tertiary/aromatic N) is 1. The predicted molar refractivity (Wildman–Crippen MR) is 115 cm³/mol. The molecule has 0 radical (unpaired) electrons. The van der Waals surface area contributed by atoms with Gasteiger partial charge in [-0.05, 0) is 49.7 Å². The van der Waals surface area contributed by atoms with Gasteiger partial charge in [0.2, 0.25) is 0 Å². The van der Waals surface area contributed by atoms with Crippen LogP contribution in [0.4, 0.5) is 0 Å². The van der Waals surface area contributed by atoms with Crippen molar-refractivity contribution >= 4 is 16.9 Å². The van der Waals surface area contributed by atoms with Gasteiger partial charge in [-0.15, -0.1) is 6.58 Å². The quantitative estimate of drug-likeness (QED) is 0.613. The number of carbonyl (C=O) groups is 1. The second kappa shape index (κ2) is 7.62. The molecule has 2 bridgehead atoms. The van der Waals surface area contributed by atoms with E-state index < -0.39 is 11.0 Å². The predicted octanol–water partition coefficient (Wildman–Crippen LogP) is 3.56. The molecule has 156 valence electrons. The molecule has 0 saturated carbocycles. The van der Waals surface area contributed by atoms with Gasteiger partial charge in [-0.3, -0.25) is 9.69 Å². The number of allylic oxidation sites excluding steroid dienone is 1. The fraction of sp³-hybridized carbons (Fsp3) is 0.542. The summed E-state index contributed by atoms with van der Waals surface area (Å²) in [7, 11) is 1.47. The molecule has 0 aliphatic carbocycles. The number of nitrogens with one attached hydrogen (secondary N) is 1. The van der Waals surface area contributed by atoms with Crippen molar-refractivity contribution in [3.05, 3.63) is 48.2 Å². The zero-order chi connectivity index (χ0) is 20.6. The second-order valence-corrected chi connectivity index (χ2v) is 8.93. The molecule has 2 aromatic rings.